The number of halogens is 1. The third-order valence-electron chi connectivity index (χ3n) is 2.65. The lowest BCUT2D eigenvalue weighted by Crippen LogP contribution is -2.09. The molecule has 0 aliphatic heterocycles. The van der Waals surface area contributed by atoms with Gasteiger partial charge in [-0.2, -0.15) is 0 Å². The summed E-state index contributed by atoms with van der Waals surface area (Å²) in [5, 5.41) is 10.9. The van der Waals surface area contributed by atoms with Crippen molar-refractivity contribution in [2.24, 2.45) is 5.84 Å². The molecule has 0 saturated heterocycles. The van der Waals surface area contributed by atoms with E-state index in [-0.39, 0.29) is 23.7 Å². The number of hydrogen-bond acceptors (Lipinski definition) is 5. The fourth-order valence-corrected chi connectivity index (χ4v) is 1.66. The maximum absolute atomic E-state index is 13.4. The molecule has 0 radical (unpaired) electrons. The molecule has 0 fully saturated rings. The highest BCUT2D eigenvalue weighted by Crippen LogP contribution is 2.25. The van der Waals surface area contributed by atoms with Crippen LogP contribution in [0.5, 0.6) is 5.75 Å². The standard InChI is InChI=1S/C13H12FN3O3/c14-10-3-1-2-4-13(10)20-8-9-5-6-11(16-15)12(7-9)17(18)19/h1-7,16H,8,15H2. The van der Waals surface area contributed by atoms with Crippen LogP contribution in [0.3, 0.4) is 0 Å². The van der Waals surface area contributed by atoms with Crippen molar-refractivity contribution in [2.45, 2.75) is 6.61 Å². The Kier molecular flexibility index (Phi) is 4.11. The minimum atomic E-state index is -0.554. The fraction of sp³-hybridized carbons (Fsp3) is 0.0769. The molecule has 20 heavy (non-hydrogen) atoms. The molecule has 0 aliphatic rings. The van der Waals surface area contributed by atoms with E-state index in [0.29, 0.717) is 5.56 Å². The van der Waals surface area contributed by atoms with Gasteiger partial charge < -0.3 is 10.2 Å². The van der Waals surface area contributed by atoms with E-state index in [4.69, 9.17) is 10.6 Å². The van der Waals surface area contributed by atoms with Gasteiger partial charge in [0.15, 0.2) is 11.6 Å². The summed E-state index contributed by atoms with van der Waals surface area (Å²) in [7, 11) is 0. The number of nitro groups is 1. The Morgan fingerprint density at radius 1 is 1.30 bits per heavy atom. The highest BCUT2D eigenvalue weighted by atomic mass is 19.1. The average molecular weight is 277 g/mol. The molecule has 6 nitrogen and oxygen atoms in total. The summed E-state index contributed by atoms with van der Waals surface area (Å²) < 4.78 is 18.6. The summed E-state index contributed by atoms with van der Waals surface area (Å²) in [6.45, 7) is 0.0205. The van der Waals surface area contributed by atoms with E-state index in [1.165, 1.54) is 24.3 Å². The molecule has 3 N–H and O–H groups in total. The van der Waals surface area contributed by atoms with Crippen molar-refractivity contribution in [2.75, 3.05) is 5.43 Å². The van der Waals surface area contributed by atoms with Gasteiger partial charge >= 0.3 is 0 Å². The molecular formula is C13H12FN3O3. The smallest absolute Gasteiger partial charge is 0.294 e. The zero-order chi connectivity index (χ0) is 14.5. The molecule has 0 aliphatic carbocycles. The number of nitrogens with zero attached hydrogens (tertiary/aromatic N) is 1. The molecule has 0 amide bonds. The Hall–Kier alpha value is -2.67. The molecule has 0 heterocycles. The molecule has 0 spiro atoms. The largest absolute Gasteiger partial charge is 0.486 e. The van der Waals surface area contributed by atoms with Crippen LogP contribution < -0.4 is 16.0 Å². The number of hydrazine groups is 1. The molecule has 0 unspecified atom stereocenters. The first-order valence-electron chi connectivity index (χ1n) is 5.73. The summed E-state index contributed by atoms with van der Waals surface area (Å²) in [5.74, 6) is 4.80. The number of nitrogens with one attached hydrogen (secondary N) is 1. The average Bonchev–Trinajstić information content (AvgIpc) is 2.46. The van der Waals surface area contributed by atoms with E-state index in [1.54, 1.807) is 18.2 Å². The molecule has 104 valence electrons. The van der Waals surface area contributed by atoms with Crippen molar-refractivity contribution in [1.29, 1.82) is 0 Å². The van der Waals surface area contributed by atoms with Gasteiger partial charge in [-0.25, -0.2) is 4.39 Å². The molecule has 0 atom stereocenters. The van der Waals surface area contributed by atoms with Gasteiger partial charge in [0.2, 0.25) is 0 Å². The highest BCUT2D eigenvalue weighted by molar-refractivity contribution is 5.61. The summed E-state index contributed by atoms with van der Waals surface area (Å²) in [4.78, 5) is 10.3. The Bertz CT molecular complexity index is 634. The number of benzene rings is 2. The van der Waals surface area contributed by atoms with Gasteiger partial charge in [0.1, 0.15) is 12.3 Å². The van der Waals surface area contributed by atoms with Crippen LogP contribution in [-0.2, 0) is 6.61 Å². The summed E-state index contributed by atoms with van der Waals surface area (Å²) in [6, 6.07) is 10.4. The second-order valence-corrected chi connectivity index (χ2v) is 3.97. The first-order chi connectivity index (χ1) is 9.61. The summed E-state index contributed by atoms with van der Waals surface area (Å²) in [6.07, 6.45) is 0. The van der Waals surface area contributed by atoms with Crippen LogP contribution in [0.25, 0.3) is 0 Å². The maximum Gasteiger partial charge on any atom is 0.294 e. The van der Waals surface area contributed by atoms with Crippen molar-refractivity contribution in [3.63, 3.8) is 0 Å². The van der Waals surface area contributed by atoms with Crippen LogP contribution in [-0.4, -0.2) is 4.92 Å². The summed E-state index contributed by atoms with van der Waals surface area (Å²) >= 11 is 0. The van der Waals surface area contributed by atoms with Crippen LogP contribution in [0.4, 0.5) is 15.8 Å². The van der Waals surface area contributed by atoms with E-state index in [2.05, 4.69) is 5.43 Å². The van der Waals surface area contributed by atoms with Gasteiger partial charge in [0, 0.05) is 6.07 Å². The SMILES string of the molecule is NNc1ccc(COc2ccccc2F)cc1[N+](=O)[O-]. The Morgan fingerprint density at radius 2 is 2.05 bits per heavy atom. The lowest BCUT2D eigenvalue weighted by Gasteiger charge is -2.08. The maximum atomic E-state index is 13.4. The van der Waals surface area contributed by atoms with Gasteiger partial charge in [0.05, 0.1) is 4.92 Å². The highest BCUT2D eigenvalue weighted by Gasteiger charge is 2.14. The molecule has 7 heteroatoms. The topological polar surface area (TPSA) is 90.4 Å². The molecule has 0 saturated carbocycles. The molecular weight excluding hydrogens is 265 g/mol. The second-order valence-electron chi connectivity index (χ2n) is 3.97. The summed E-state index contributed by atoms with van der Waals surface area (Å²) in [5.41, 5.74) is 2.82. The predicted octanol–water partition coefficient (Wildman–Crippen LogP) is 2.60. The van der Waals surface area contributed by atoms with Crippen LogP contribution in [0.1, 0.15) is 5.56 Å². The fourth-order valence-electron chi connectivity index (χ4n) is 1.66. The van der Waals surface area contributed by atoms with Crippen molar-refractivity contribution < 1.29 is 14.1 Å². The lowest BCUT2D eigenvalue weighted by atomic mass is 10.2. The molecule has 2 rings (SSSR count). The number of nitrogens with two attached hydrogens (primary N) is 1. The van der Waals surface area contributed by atoms with Crippen molar-refractivity contribution >= 4 is 11.4 Å². The first kappa shape index (κ1) is 13.8. The predicted molar refractivity (Wildman–Crippen MR) is 71.6 cm³/mol. The lowest BCUT2D eigenvalue weighted by molar-refractivity contribution is -0.384. The van der Waals surface area contributed by atoms with Gasteiger partial charge in [-0.15, -0.1) is 0 Å². The van der Waals surface area contributed by atoms with E-state index in [0.717, 1.165) is 0 Å². The van der Waals surface area contributed by atoms with E-state index in [9.17, 15) is 14.5 Å². The Labute approximate surface area is 114 Å². The number of hydrogen-bond donors (Lipinski definition) is 2. The van der Waals surface area contributed by atoms with Gasteiger partial charge in [-0.3, -0.25) is 16.0 Å². The van der Waals surface area contributed by atoms with E-state index in [1.807, 2.05) is 0 Å². The van der Waals surface area contributed by atoms with Crippen LogP contribution in [0.15, 0.2) is 42.5 Å². The van der Waals surface area contributed by atoms with Gasteiger partial charge in [-0.1, -0.05) is 18.2 Å². The van der Waals surface area contributed by atoms with Gasteiger partial charge in [-0.05, 0) is 23.8 Å². The Balaban J connectivity index is 2.16. The van der Waals surface area contributed by atoms with Crippen molar-refractivity contribution in [3.8, 4) is 5.75 Å². The van der Waals surface area contributed by atoms with Crippen LogP contribution in [0.2, 0.25) is 0 Å². The number of ether oxygens (including phenoxy) is 1. The Morgan fingerprint density at radius 3 is 2.70 bits per heavy atom. The minimum absolute atomic E-state index is 0.0205. The number of para-hydroxylation sites is 1. The number of anilines is 1. The zero-order valence-corrected chi connectivity index (χ0v) is 10.4. The third-order valence-corrected chi connectivity index (χ3v) is 2.65. The normalized spacial score (nSPS) is 10.1. The van der Waals surface area contributed by atoms with E-state index >= 15 is 0 Å². The minimum Gasteiger partial charge on any atom is -0.486 e. The molecule has 2 aromatic carbocycles. The molecule has 2 aromatic rings. The first-order valence-corrected chi connectivity index (χ1v) is 5.73. The van der Waals surface area contributed by atoms with E-state index < -0.39 is 10.7 Å². The van der Waals surface area contributed by atoms with Crippen molar-refractivity contribution in [3.05, 3.63) is 64.0 Å². The quantitative estimate of drug-likeness (QED) is 0.498. The van der Waals surface area contributed by atoms with Crippen LogP contribution >= 0.6 is 0 Å². The third kappa shape index (κ3) is 3.01. The second kappa shape index (κ2) is 5.98. The molecule has 0 aromatic heterocycles. The number of nitrogen functional groups attached to an aromatic ring is 1. The number of rotatable bonds is 5. The number of nitro benzene ring substituents is 1. The van der Waals surface area contributed by atoms with Crippen LogP contribution in [0, 0.1) is 15.9 Å². The van der Waals surface area contributed by atoms with Gasteiger partial charge in [0.25, 0.3) is 5.69 Å². The monoisotopic (exact) mass is 277 g/mol. The van der Waals surface area contributed by atoms with Crippen molar-refractivity contribution in [1.82, 2.24) is 0 Å². The molecule has 0 bridgehead atoms. The zero-order valence-electron chi connectivity index (χ0n) is 10.4.